The molecule has 1 aromatic carbocycles. The largest absolute Gasteiger partial charge is 0.420 e. The first-order valence-electron chi connectivity index (χ1n) is 3.26. The second-order valence-corrected chi connectivity index (χ2v) is 3.20. The van der Waals surface area contributed by atoms with E-state index in [9.17, 15) is 26.3 Å². The quantitative estimate of drug-likeness (QED) is 0.371. The van der Waals surface area contributed by atoms with Gasteiger partial charge >= 0.3 is 6.18 Å². The lowest BCUT2D eigenvalue weighted by Gasteiger charge is -2.12. The van der Waals surface area contributed by atoms with Crippen molar-refractivity contribution in [3.05, 3.63) is 33.1 Å². The molecule has 0 fully saturated rings. The van der Waals surface area contributed by atoms with E-state index in [0.29, 0.717) is 0 Å². The van der Waals surface area contributed by atoms with Gasteiger partial charge in [-0.15, -0.1) is 0 Å². The van der Waals surface area contributed by atoms with Gasteiger partial charge in [-0.05, 0) is 0 Å². The van der Waals surface area contributed by atoms with Crippen molar-refractivity contribution in [1.29, 1.82) is 0 Å². The maximum atomic E-state index is 12.7. The summed E-state index contributed by atoms with van der Waals surface area (Å²) < 4.78 is 74.3. The summed E-state index contributed by atoms with van der Waals surface area (Å²) in [4.78, 5) is 0. The molecule has 0 bridgehead atoms. The molecule has 15 heavy (non-hydrogen) atoms. The molecule has 0 N–H and O–H groups in total. The van der Waals surface area contributed by atoms with E-state index < -0.39 is 39.2 Å². The van der Waals surface area contributed by atoms with E-state index in [1.165, 1.54) is 0 Å². The topological polar surface area (TPSA) is 0 Å². The summed E-state index contributed by atoms with van der Waals surface area (Å²) in [6.07, 6.45) is -5.25. The van der Waals surface area contributed by atoms with E-state index in [-0.39, 0.29) is 0 Å². The first-order valence-corrected chi connectivity index (χ1v) is 4.02. The molecule has 1 aromatic rings. The van der Waals surface area contributed by atoms with Crippen LogP contribution >= 0.6 is 23.2 Å². The van der Waals surface area contributed by atoms with Gasteiger partial charge in [0.15, 0.2) is 17.5 Å². The van der Waals surface area contributed by atoms with Crippen LogP contribution in [0.25, 0.3) is 0 Å². The maximum absolute atomic E-state index is 12.7. The molecule has 0 saturated carbocycles. The van der Waals surface area contributed by atoms with Gasteiger partial charge < -0.3 is 0 Å². The highest BCUT2D eigenvalue weighted by atomic mass is 35.5. The third-order valence-corrected chi connectivity index (χ3v) is 2.32. The molecule has 84 valence electrons. The average molecular weight is 269 g/mol. The second-order valence-electron chi connectivity index (χ2n) is 2.44. The zero-order valence-electron chi connectivity index (χ0n) is 6.52. The molecule has 0 aliphatic carbocycles. The molecule has 0 aliphatic heterocycles. The van der Waals surface area contributed by atoms with Crippen LogP contribution in [0.4, 0.5) is 26.3 Å². The molecular weight excluding hydrogens is 269 g/mol. The molecule has 0 unspecified atom stereocenters. The first kappa shape index (κ1) is 12.4. The van der Waals surface area contributed by atoms with Gasteiger partial charge in [0, 0.05) is 0 Å². The minimum atomic E-state index is -5.25. The Morgan fingerprint density at radius 3 is 1.60 bits per heavy atom. The molecule has 0 nitrogen and oxygen atoms in total. The highest BCUT2D eigenvalue weighted by Crippen LogP contribution is 2.42. The molecule has 8 heteroatoms. The van der Waals surface area contributed by atoms with Crippen molar-refractivity contribution in [2.24, 2.45) is 0 Å². The molecule has 0 spiro atoms. The summed E-state index contributed by atoms with van der Waals surface area (Å²) in [6, 6.07) is 0. The van der Waals surface area contributed by atoms with Crippen molar-refractivity contribution in [3.8, 4) is 0 Å². The maximum Gasteiger partial charge on any atom is 0.420 e. The van der Waals surface area contributed by atoms with Crippen molar-refractivity contribution < 1.29 is 26.3 Å². The lowest BCUT2D eigenvalue weighted by atomic mass is 10.2. The summed E-state index contributed by atoms with van der Waals surface area (Å²) in [7, 11) is 0. The zero-order valence-corrected chi connectivity index (χ0v) is 8.04. The van der Waals surface area contributed by atoms with Gasteiger partial charge in [0.1, 0.15) is 5.56 Å². The van der Waals surface area contributed by atoms with Crippen LogP contribution in [0.5, 0.6) is 0 Å². The van der Waals surface area contributed by atoms with Crippen molar-refractivity contribution in [1.82, 2.24) is 0 Å². The highest BCUT2D eigenvalue weighted by molar-refractivity contribution is 6.42. The van der Waals surface area contributed by atoms with Gasteiger partial charge in [-0.3, -0.25) is 0 Å². The summed E-state index contributed by atoms with van der Waals surface area (Å²) in [5.74, 6) is -6.67. The zero-order chi connectivity index (χ0) is 12.0. The van der Waals surface area contributed by atoms with Crippen molar-refractivity contribution in [2.75, 3.05) is 0 Å². The predicted octanol–water partition coefficient (Wildman–Crippen LogP) is 4.43. The van der Waals surface area contributed by atoms with E-state index in [4.69, 9.17) is 23.2 Å². The summed E-state index contributed by atoms with van der Waals surface area (Å²) in [5.41, 5.74) is -2.12. The number of benzene rings is 1. The summed E-state index contributed by atoms with van der Waals surface area (Å²) >= 11 is 9.91. The number of hydrogen-bond acceptors (Lipinski definition) is 0. The van der Waals surface area contributed by atoms with Gasteiger partial charge in [0.05, 0.1) is 10.0 Å². The number of hydrogen-bond donors (Lipinski definition) is 0. The Bertz CT molecular complexity index is 382. The number of halogens is 8. The van der Waals surface area contributed by atoms with E-state index in [2.05, 4.69) is 0 Å². The number of rotatable bonds is 0. The SMILES string of the molecule is Fc1c(F)c(Cl)c(Cl)c(C(F)(F)F)c1F. The lowest BCUT2D eigenvalue weighted by molar-refractivity contribution is -0.140. The molecule has 1 rings (SSSR count). The Balaban J connectivity index is 3.68. The van der Waals surface area contributed by atoms with Crippen LogP contribution in [-0.2, 0) is 6.18 Å². The third-order valence-electron chi connectivity index (χ3n) is 1.49. The van der Waals surface area contributed by atoms with Crippen LogP contribution in [0.2, 0.25) is 10.0 Å². The van der Waals surface area contributed by atoms with Crippen molar-refractivity contribution in [2.45, 2.75) is 6.18 Å². The Kier molecular flexibility index (Phi) is 3.11. The Labute approximate surface area is 89.4 Å². The minimum Gasteiger partial charge on any atom is -0.203 e. The predicted molar refractivity (Wildman–Crippen MR) is 41.3 cm³/mol. The van der Waals surface area contributed by atoms with Gasteiger partial charge in [0.2, 0.25) is 0 Å². The first-order chi connectivity index (χ1) is 6.68. The van der Waals surface area contributed by atoms with E-state index in [1.807, 2.05) is 0 Å². The van der Waals surface area contributed by atoms with E-state index in [1.54, 1.807) is 0 Å². The van der Waals surface area contributed by atoms with Crippen LogP contribution in [0, 0.1) is 17.5 Å². The Hall–Kier alpha value is -0.620. The van der Waals surface area contributed by atoms with Crippen molar-refractivity contribution in [3.63, 3.8) is 0 Å². The fourth-order valence-electron chi connectivity index (χ4n) is 0.854. The van der Waals surface area contributed by atoms with Crippen LogP contribution in [-0.4, -0.2) is 0 Å². The van der Waals surface area contributed by atoms with Crippen LogP contribution < -0.4 is 0 Å². The van der Waals surface area contributed by atoms with E-state index in [0.717, 1.165) is 0 Å². The Morgan fingerprint density at radius 2 is 1.20 bits per heavy atom. The van der Waals surface area contributed by atoms with Crippen molar-refractivity contribution >= 4 is 23.2 Å². The van der Waals surface area contributed by atoms with Crippen LogP contribution in [0.1, 0.15) is 5.56 Å². The third kappa shape index (κ3) is 2.01. The molecular formula is C7Cl2F6. The highest BCUT2D eigenvalue weighted by Gasteiger charge is 2.40. The van der Waals surface area contributed by atoms with Crippen LogP contribution in [0.3, 0.4) is 0 Å². The fourth-order valence-corrected chi connectivity index (χ4v) is 1.30. The van der Waals surface area contributed by atoms with E-state index >= 15 is 0 Å². The van der Waals surface area contributed by atoms with Crippen LogP contribution in [0.15, 0.2) is 0 Å². The smallest absolute Gasteiger partial charge is 0.203 e. The van der Waals surface area contributed by atoms with Gasteiger partial charge in [-0.1, -0.05) is 23.2 Å². The van der Waals surface area contributed by atoms with Gasteiger partial charge in [0.25, 0.3) is 0 Å². The van der Waals surface area contributed by atoms with Gasteiger partial charge in [-0.2, -0.15) is 13.2 Å². The van der Waals surface area contributed by atoms with Gasteiger partial charge in [-0.25, -0.2) is 13.2 Å². The summed E-state index contributed by atoms with van der Waals surface area (Å²) in [6.45, 7) is 0. The molecule has 0 amide bonds. The minimum absolute atomic E-state index is 1.30. The Morgan fingerprint density at radius 1 is 0.733 bits per heavy atom. The molecule has 0 atom stereocenters. The summed E-state index contributed by atoms with van der Waals surface area (Å²) in [5, 5.41) is -2.71. The molecule has 0 saturated heterocycles. The molecule has 0 aromatic heterocycles. The monoisotopic (exact) mass is 268 g/mol. The lowest BCUT2D eigenvalue weighted by Crippen LogP contribution is -2.12. The molecule has 0 aliphatic rings. The second kappa shape index (κ2) is 3.75. The molecule has 0 heterocycles. The average Bonchev–Trinajstić information content (AvgIpc) is 2.09. The number of alkyl halides is 3. The normalized spacial score (nSPS) is 12.0. The fraction of sp³-hybridized carbons (Fsp3) is 0.143. The molecule has 0 radical (unpaired) electrons. The standard InChI is InChI=1S/C7Cl2F6/c8-2-1(7(13,14)15)4(10)6(12)5(11)3(2)9.